The number of amides is 1. The van der Waals surface area contributed by atoms with Crippen LogP contribution in [0, 0.1) is 6.92 Å². The molecule has 2 N–H and O–H groups in total. The van der Waals surface area contributed by atoms with E-state index < -0.39 is 17.7 Å². The Bertz CT molecular complexity index is 1300. The van der Waals surface area contributed by atoms with Crippen LogP contribution in [0.2, 0.25) is 0 Å². The number of Topliss-reactive ketones (excluding diaryl/α,β-unsaturated/α-hetero) is 1. The van der Waals surface area contributed by atoms with Gasteiger partial charge in [-0.2, -0.15) is 0 Å². The minimum Gasteiger partial charge on any atom is -0.507 e. The smallest absolute Gasteiger partial charge is 0.300 e. The van der Waals surface area contributed by atoms with Crippen LogP contribution in [0.1, 0.15) is 46.8 Å². The van der Waals surface area contributed by atoms with E-state index in [9.17, 15) is 19.8 Å². The maximum atomic E-state index is 13.3. The molecule has 6 heteroatoms. The molecule has 1 unspecified atom stereocenters. The van der Waals surface area contributed by atoms with Crippen LogP contribution in [0.5, 0.6) is 5.75 Å². The number of fused-ring (bicyclic) bond motifs is 1. The van der Waals surface area contributed by atoms with Gasteiger partial charge in [0.1, 0.15) is 17.6 Å². The van der Waals surface area contributed by atoms with Gasteiger partial charge in [0.15, 0.2) is 0 Å². The monoisotopic (exact) mass is 440 g/mol. The van der Waals surface area contributed by atoms with Gasteiger partial charge in [-0.05, 0) is 79.6 Å². The quantitative estimate of drug-likeness (QED) is 0.353. The van der Waals surface area contributed by atoms with Crippen molar-refractivity contribution in [2.45, 2.75) is 38.6 Å². The maximum Gasteiger partial charge on any atom is 0.300 e. The number of aliphatic hydroxyl groups is 1. The van der Waals surface area contributed by atoms with Gasteiger partial charge in [0, 0.05) is 11.8 Å². The average molecular weight is 440 g/mol. The number of carbonyl (C=O) groups excluding carboxylic acids is 2. The molecule has 1 saturated heterocycles. The molecule has 166 valence electrons. The lowest BCUT2D eigenvalue weighted by Gasteiger charge is -2.25. The summed E-state index contributed by atoms with van der Waals surface area (Å²) in [4.78, 5) is 32.1. The number of hydrogen-bond acceptors (Lipinski definition) is 5. The van der Waals surface area contributed by atoms with Crippen molar-refractivity contribution < 1.29 is 19.8 Å². The molecule has 5 rings (SSSR count). The number of aromatic nitrogens is 1. The normalized spacial score (nSPS) is 19.5. The molecule has 0 spiro atoms. The highest BCUT2D eigenvalue weighted by molar-refractivity contribution is 6.51. The molecule has 1 atom stereocenters. The van der Waals surface area contributed by atoms with E-state index >= 15 is 0 Å². The largest absolute Gasteiger partial charge is 0.507 e. The number of pyridine rings is 1. The number of phenolic OH excluding ortho intramolecular Hbond substituents is 1. The predicted octanol–water partition coefficient (Wildman–Crippen LogP) is 4.60. The number of aromatic hydroxyl groups is 1. The van der Waals surface area contributed by atoms with E-state index in [0.29, 0.717) is 11.3 Å². The molecule has 1 aliphatic heterocycles. The highest BCUT2D eigenvalue weighted by Crippen LogP contribution is 2.44. The second-order valence-electron chi connectivity index (χ2n) is 8.61. The summed E-state index contributed by atoms with van der Waals surface area (Å²) in [6, 6.07) is 14.8. The van der Waals surface area contributed by atoms with E-state index in [1.807, 2.05) is 19.1 Å². The number of ketones is 1. The molecule has 1 aromatic heterocycles. The molecular formula is C27H24N2O4. The summed E-state index contributed by atoms with van der Waals surface area (Å²) >= 11 is 0. The first kappa shape index (κ1) is 20.9. The van der Waals surface area contributed by atoms with E-state index in [-0.39, 0.29) is 22.8 Å². The fraction of sp³-hybridized carbons (Fsp3) is 0.222. The zero-order chi connectivity index (χ0) is 23.1. The number of aryl methyl sites for hydroxylation is 3. The van der Waals surface area contributed by atoms with E-state index in [4.69, 9.17) is 0 Å². The minimum atomic E-state index is -0.963. The van der Waals surface area contributed by atoms with Crippen molar-refractivity contribution in [1.29, 1.82) is 0 Å². The summed E-state index contributed by atoms with van der Waals surface area (Å²) in [5, 5.41) is 21.9. The first-order valence-corrected chi connectivity index (χ1v) is 11.1. The van der Waals surface area contributed by atoms with Gasteiger partial charge in [-0.15, -0.1) is 0 Å². The lowest BCUT2D eigenvalue weighted by atomic mass is 9.89. The van der Waals surface area contributed by atoms with Crippen molar-refractivity contribution in [1.82, 2.24) is 4.98 Å². The molecule has 1 fully saturated rings. The third-order valence-corrected chi connectivity index (χ3v) is 6.42. The Balaban J connectivity index is 1.71. The van der Waals surface area contributed by atoms with Gasteiger partial charge < -0.3 is 10.2 Å². The molecule has 2 heterocycles. The first-order valence-electron chi connectivity index (χ1n) is 11.1. The molecule has 1 aliphatic carbocycles. The molecular weight excluding hydrogens is 416 g/mol. The van der Waals surface area contributed by atoms with Gasteiger partial charge in [-0.25, -0.2) is 0 Å². The number of rotatable bonds is 3. The Labute approximate surface area is 191 Å². The van der Waals surface area contributed by atoms with Crippen molar-refractivity contribution >= 4 is 23.1 Å². The van der Waals surface area contributed by atoms with E-state index in [1.165, 1.54) is 16.5 Å². The van der Waals surface area contributed by atoms with Crippen molar-refractivity contribution in [3.8, 4) is 5.75 Å². The van der Waals surface area contributed by atoms with Gasteiger partial charge in [0.2, 0.25) is 0 Å². The molecule has 2 aromatic carbocycles. The summed E-state index contributed by atoms with van der Waals surface area (Å²) in [5.41, 5.74) is 4.33. The Kier molecular flexibility index (Phi) is 5.21. The molecule has 0 bridgehead atoms. The van der Waals surface area contributed by atoms with Crippen LogP contribution in [0.4, 0.5) is 5.69 Å². The summed E-state index contributed by atoms with van der Waals surface area (Å²) in [7, 11) is 0. The van der Waals surface area contributed by atoms with Gasteiger partial charge in [0.05, 0.1) is 17.0 Å². The number of anilines is 1. The van der Waals surface area contributed by atoms with E-state index in [1.54, 1.807) is 42.6 Å². The summed E-state index contributed by atoms with van der Waals surface area (Å²) in [5.74, 6) is -1.97. The van der Waals surface area contributed by atoms with Crippen LogP contribution in [0.3, 0.4) is 0 Å². The number of carbonyl (C=O) groups is 2. The molecule has 0 radical (unpaired) electrons. The Morgan fingerprint density at radius 2 is 1.79 bits per heavy atom. The highest BCUT2D eigenvalue weighted by atomic mass is 16.3. The summed E-state index contributed by atoms with van der Waals surface area (Å²) in [6.07, 6.45) is 5.72. The maximum absolute atomic E-state index is 13.3. The number of phenols is 1. The van der Waals surface area contributed by atoms with Crippen LogP contribution in [-0.4, -0.2) is 26.9 Å². The number of aliphatic hydroxyl groups excluding tert-OH is 1. The van der Waals surface area contributed by atoms with Crippen LogP contribution in [0.15, 0.2) is 66.4 Å². The van der Waals surface area contributed by atoms with Crippen LogP contribution in [0.25, 0.3) is 5.76 Å². The summed E-state index contributed by atoms with van der Waals surface area (Å²) in [6.45, 7) is 1.84. The van der Waals surface area contributed by atoms with Gasteiger partial charge in [-0.3, -0.25) is 19.5 Å². The molecule has 0 saturated carbocycles. The van der Waals surface area contributed by atoms with Crippen LogP contribution >= 0.6 is 0 Å². The Morgan fingerprint density at radius 1 is 1.00 bits per heavy atom. The van der Waals surface area contributed by atoms with Crippen molar-refractivity contribution in [2.24, 2.45) is 0 Å². The Morgan fingerprint density at radius 3 is 2.55 bits per heavy atom. The number of nitrogens with zero attached hydrogens (tertiary/aromatic N) is 2. The van der Waals surface area contributed by atoms with Crippen molar-refractivity contribution in [3.05, 3.63) is 94.3 Å². The standard InChI is InChI=1S/C27H24N2O4/c1-16-9-12-22(30)21(14-16)29-24(20-8-4-5-13-28-20)23(26(32)27(29)33)25(31)19-11-10-17-6-2-3-7-18(17)15-19/h4-5,8-15,24,30-31H,2-3,6-7H2,1H3/b25-23-. The van der Waals surface area contributed by atoms with Crippen LogP contribution in [-0.2, 0) is 22.4 Å². The molecule has 1 amide bonds. The second-order valence-corrected chi connectivity index (χ2v) is 8.61. The fourth-order valence-corrected chi connectivity index (χ4v) is 4.76. The highest BCUT2D eigenvalue weighted by Gasteiger charge is 2.48. The fourth-order valence-electron chi connectivity index (χ4n) is 4.76. The SMILES string of the molecule is Cc1ccc(O)c(N2C(=O)C(=O)/C(=C(\O)c3ccc4c(c3)CCCC4)C2c2ccccn2)c1. The zero-order valence-electron chi connectivity index (χ0n) is 18.3. The first-order chi connectivity index (χ1) is 16.0. The van der Waals surface area contributed by atoms with Gasteiger partial charge >= 0.3 is 0 Å². The Hall–Kier alpha value is -3.93. The average Bonchev–Trinajstić information content (AvgIpc) is 3.10. The molecule has 2 aliphatic rings. The third kappa shape index (κ3) is 3.57. The van der Waals surface area contributed by atoms with Gasteiger partial charge in [-0.1, -0.05) is 24.3 Å². The topological polar surface area (TPSA) is 90.7 Å². The molecule has 6 nitrogen and oxygen atoms in total. The minimum absolute atomic E-state index is 0.0321. The van der Waals surface area contributed by atoms with Crippen molar-refractivity contribution in [2.75, 3.05) is 4.90 Å². The van der Waals surface area contributed by atoms with Gasteiger partial charge in [0.25, 0.3) is 11.7 Å². The van der Waals surface area contributed by atoms with Crippen molar-refractivity contribution in [3.63, 3.8) is 0 Å². The zero-order valence-corrected chi connectivity index (χ0v) is 18.3. The second kappa shape index (κ2) is 8.20. The third-order valence-electron chi connectivity index (χ3n) is 6.42. The molecule has 3 aromatic rings. The lowest BCUT2D eigenvalue weighted by molar-refractivity contribution is -0.132. The summed E-state index contributed by atoms with van der Waals surface area (Å²) < 4.78 is 0. The number of hydrogen-bond donors (Lipinski definition) is 2. The predicted molar refractivity (Wildman–Crippen MR) is 125 cm³/mol. The van der Waals surface area contributed by atoms with E-state index in [0.717, 1.165) is 36.8 Å². The lowest BCUT2D eigenvalue weighted by Crippen LogP contribution is -2.30. The number of benzene rings is 2. The molecule has 33 heavy (non-hydrogen) atoms. The van der Waals surface area contributed by atoms with Crippen LogP contribution < -0.4 is 4.90 Å². The van der Waals surface area contributed by atoms with E-state index in [2.05, 4.69) is 4.98 Å².